The lowest BCUT2D eigenvalue weighted by Crippen LogP contribution is -2.38. The monoisotopic (exact) mass is 406 g/mol. The fourth-order valence-corrected chi connectivity index (χ4v) is 4.84. The van der Waals surface area contributed by atoms with Crippen LogP contribution in [0.4, 0.5) is 5.82 Å². The highest BCUT2D eigenvalue weighted by Gasteiger charge is 2.25. The number of nitrogen functional groups attached to an aromatic ring is 1. The van der Waals surface area contributed by atoms with E-state index in [1.54, 1.807) is 6.07 Å². The van der Waals surface area contributed by atoms with Crippen molar-refractivity contribution in [2.24, 2.45) is 5.92 Å². The quantitative estimate of drug-likeness (QED) is 0.728. The number of nitrogens with zero attached hydrogens (tertiary/aromatic N) is 2. The largest absolute Gasteiger partial charge is 0.384 e. The van der Waals surface area contributed by atoms with Gasteiger partial charge in [-0.2, -0.15) is 0 Å². The van der Waals surface area contributed by atoms with Gasteiger partial charge in [0, 0.05) is 37.7 Å². The number of rotatable bonds is 7. The van der Waals surface area contributed by atoms with Gasteiger partial charge in [0.1, 0.15) is 5.82 Å². The topological polar surface area (TPSA) is 71.2 Å². The van der Waals surface area contributed by atoms with Gasteiger partial charge < -0.3 is 16.0 Å². The minimum atomic E-state index is 0.263. The minimum Gasteiger partial charge on any atom is -0.384 e. The molecule has 1 saturated carbocycles. The van der Waals surface area contributed by atoms with Gasteiger partial charge in [-0.3, -0.25) is 4.79 Å². The van der Waals surface area contributed by atoms with E-state index in [0.29, 0.717) is 17.8 Å². The molecule has 2 aromatic rings. The lowest BCUT2D eigenvalue weighted by molar-refractivity contribution is -0.122. The van der Waals surface area contributed by atoms with Crippen LogP contribution in [0.5, 0.6) is 0 Å². The zero-order valence-corrected chi connectivity index (χ0v) is 17.9. The Labute approximate surface area is 180 Å². The van der Waals surface area contributed by atoms with E-state index in [2.05, 4.69) is 39.5 Å². The number of amides is 1. The molecule has 1 aromatic heterocycles. The fraction of sp³-hybridized carbons (Fsp3) is 0.520. The van der Waals surface area contributed by atoms with Gasteiger partial charge in [0.05, 0.1) is 5.69 Å². The lowest BCUT2D eigenvalue weighted by atomic mass is 9.87. The fourth-order valence-electron chi connectivity index (χ4n) is 4.84. The van der Waals surface area contributed by atoms with E-state index in [1.165, 1.54) is 37.7 Å². The van der Waals surface area contributed by atoms with Gasteiger partial charge in [-0.15, -0.1) is 0 Å². The Morgan fingerprint density at radius 1 is 1.07 bits per heavy atom. The summed E-state index contributed by atoms with van der Waals surface area (Å²) in [5.74, 6) is 1.42. The summed E-state index contributed by atoms with van der Waals surface area (Å²) < 4.78 is 0. The zero-order chi connectivity index (χ0) is 20.8. The smallest absolute Gasteiger partial charge is 0.220 e. The van der Waals surface area contributed by atoms with Crippen LogP contribution >= 0.6 is 0 Å². The van der Waals surface area contributed by atoms with Gasteiger partial charge in [0.2, 0.25) is 5.91 Å². The first kappa shape index (κ1) is 20.9. The molecular weight excluding hydrogens is 372 g/mol. The summed E-state index contributed by atoms with van der Waals surface area (Å²) in [4.78, 5) is 19.2. The maximum absolute atomic E-state index is 12.4. The van der Waals surface area contributed by atoms with E-state index >= 15 is 0 Å². The van der Waals surface area contributed by atoms with Crippen LogP contribution in [0.2, 0.25) is 0 Å². The van der Waals surface area contributed by atoms with Gasteiger partial charge >= 0.3 is 0 Å². The molecule has 30 heavy (non-hydrogen) atoms. The average Bonchev–Trinajstić information content (AvgIpc) is 3.20. The number of aromatic nitrogens is 1. The van der Waals surface area contributed by atoms with Crippen LogP contribution in [0.25, 0.3) is 11.3 Å². The predicted octanol–water partition coefficient (Wildman–Crippen LogP) is 4.03. The lowest BCUT2D eigenvalue weighted by Gasteiger charge is -2.22. The molecule has 2 fully saturated rings. The number of likely N-dealkylation sites (tertiary alicyclic amines) is 1. The number of anilines is 1. The summed E-state index contributed by atoms with van der Waals surface area (Å²) in [6, 6.07) is 14.6. The van der Waals surface area contributed by atoms with Crippen molar-refractivity contribution in [1.29, 1.82) is 0 Å². The van der Waals surface area contributed by atoms with Crippen molar-refractivity contribution >= 4 is 11.7 Å². The molecule has 1 amide bonds. The number of pyridine rings is 1. The zero-order valence-electron chi connectivity index (χ0n) is 17.9. The SMILES string of the molecule is Nc1cccc(-c2ccc(CCN3CCC(NC(=O)CC4CCCCC4)C3)cc2)n1. The second-order valence-electron chi connectivity index (χ2n) is 8.96. The van der Waals surface area contributed by atoms with Crippen molar-refractivity contribution in [3.8, 4) is 11.3 Å². The average molecular weight is 407 g/mol. The van der Waals surface area contributed by atoms with Crippen LogP contribution in [-0.2, 0) is 11.2 Å². The maximum Gasteiger partial charge on any atom is 0.220 e. The summed E-state index contributed by atoms with van der Waals surface area (Å²) >= 11 is 0. The summed E-state index contributed by atoms with van der Waals surface area (Å²) in [5.41, 5.74) is 9.12. The van der Waals surface area contributed by atoms with Gasteiger partial charge in [-0.05, 0) is 49.3 Å². The molecule has 0 spiro atoms. The molecule has 1 aliphatic carbocycles. The summed E-state index contributed by atoms with van der Waals surface area (Å²) in [7, 11) is 0. The normalized spacial score (nSPS) is 20.3. The molecule has 2 aliphatic rings. The highest BCUT2D eigenvalue weighted by atomic mass is 16.1. The van der Waals surface area contributed by atoms with Crippen LogP contribution in [0.15, 0.2) is 42.5 Å². The number of benzene rings is 1. The summed E-state index contributed by atoms with van der Waals surface area (Å²) in [5, 5.41) is 3.29. The molecule has 0 bridgehead atoms. The molecule has 3 N–H and O–H groups in total. The third kappa shape index (κ3) is 5.82. The molecule has 5 nitrogen and oxygen atoms in total. The van der Waals surface area contributed by atoms with E-state index < -0.39 is 0 Å². The van der Waals surface area contributed by atoms with Crippen LogP contribution in [-0.4, -0.2) is 41.5 Å². The molecule has 1 saturated heterocycles. The van der Waals surface area contributed by atoms with Crippen molar-refractivity contribution in [3.05, 3.63) is 48.0 Å². The molecular formula is C25H34N4O. The maximum atomic E-state index is 12.4. The van der Waals surface area contributed by atoms with Crippen molar-refractivity contribution in [3.63, 3.8) is 0 Å². The van der Waals surface area contributed by atoms with E-state index in [1.807, 2.05) is 12.1 Å². The summed E-state index contributed by atoms with van der Waals surface area (Å²) in [6.07, 6.45) is 9.22. The van der Waals surface area contributed by atoms with Crippen molar-refractivity contribution in [2.75, 3.05) is 25.4 Å². The van der Waals surface area contributed by atoms with Crippen molar-refractivity contribution in [1.82, 2.24) is 15.2 Å². The molecule has 2 heterocycles. The second kappa shape index (κ2) is 10.1. The van der Waals surface area contributed by atoms with Gasteiger partial charge in [-0.25, -0.2) is 4.98 Å². The van der Waals surface area contributed by atoms with E-state index in [-0.39, 0.29) is 5.91 Å². The van der Waals surface area contributed by atoms with Crippen molar-refractivity contribution < 1.29 is 4.79 Å². The minimum absolute atomic E-state index is 0.263. The number of carbonyl (C=O) groups is 1. The Balaban J connectivity index is 1.20. The van der Waals surface area contributed by atoms with Gasteiger partial charge in [0.25, 0.3) is 0 Å². The van der Waals surface area contributed by atoms with Gasteiger partial charge in [-0.1, -0.05) is 49.6 Å². The van der Waals surface area contributed by atoms with E-state index in [4.69, 9.17) is 5.73 Å². The number of nitrogens with one attached hydrogen (secondary N) is 1. The summed E-state index contributed by atoms with van der Waals surface area (Å²) in [6.45, 7) is 3.08. The van der Waals surface area contributed by atoms with Crippen LogP contribution in [0.1, 0.15) is 50.5 Å². The first-order chi connectivity index (χ1) is 14.7. The van der Waals surface area contributed by atoms with Crippen molar-refractivity contribution in [2.45, 2.75) is 57.4 Å². The Morgan fingerprint density at radius 3 is 2.63 bits per heavy atom. The molecule has 0 radical (unpaired) electrons. The third-order valence-electron chi connectivity index (χ3n) is 6.57. The van der Waals surface area contributed by atoms with Gasteiger partial charge in [0.15, 0.2) is 0 Å². The molecule has 4 rings (SSSR count). The first-order valence-corrected chi connectivity index (χ1v) is 11.5. The van der Waals surface area contributed by atoms with Crippen LogP contribution in [0.3, 0.4) is 0 Å². The first-order valence-electron chi connectivity index (χ1n) is 11.5. The second-order valence-corrected chi connectivity index (χ2v) is 8.96. The molecule has 5 heteroatoms. The highest BCUT2D eigenvalue weighted by molar-refractivity contribution is 5.76. The van der Waals surface area contributed by atoms with Crippen LogP contribution < -0.4 is 11.1 Å². The number of carbonyl (C=O) groups excluding carboxylic acids is 1. The Kier molecular flexibility index (Phi) is 7.00. The molecule has 1 atom stereocenters. The Bertz CT molecular complexity index is 829. The molecule has 1 unspecified atom stereocenters. The number of hydrogen-bond acceptors (Lipinski definition) is 4. The van der Waals surface area contributed by atoms with E-state index in [0.717, 1.165) is 50.2 Å². The standard InChI is InChI=1S/C25H34N4O/c26-24-8-4-7-23(28-24)21-11-9-19(10-12-21)13-15-29-16-14-22(18-29)27-25(30)17-20-5-2-1-3-6-20/h4,7-12,20,22H,1-3,5-6,13-18H2,(H2,26,28)(H,27,30). The number of nitrogens with two attached hydrogens (primary N) is 1. The van der Waals surface area contributed by atoms with E-state index in [9.17, 15) is 4.79 Å². The number of hydrogen-bond donors (Lipinski definition) is 2. The molecule has 1 aromatic carbocycles. The highest BCUT2D eigenvalue weighted by Crippen LogP contribution is 2.26. The Hall–Kier alpha value is -2.40. The van der Waals surface area contributed by atoms with Crippen LogP contribution in [0, 0.1) is 5.92 Å². The Morgan fingerprint density at radius 2 is 1.87 bits per heavy atom. The third-order valence-corrected chi connectivity index (χ3v) is 6.57. The molecule has 1 aliphatic heterocycles. The predicted molar refractivity (Wildman–Crippen MR) is 122 cm³/mol. The molecule has 160 valence electrons.